The molecule has 3 rings (SSSR count). The number of benzene rings is 2. The van der Waals surface area contributed by atoms with E-state index in [1.165, 1.54) is 16.5 Å². The zero-order valence-electron chi connectivity index (χ0n) is 12.7. The first-order chi connectivity index (χ1) is 10.3. The van der Waals surface area contributed by atoms with Crippen LogP contribution in [0.4, 0.5) is 0 Å². The lowest BCUT2D eigenvalue weighted by Gasteiger charge is -2.01. The molecule has 0 saturated heterocycles. The number of methoxy groups -OCH3 is 1. The van der Waals surface area contributed by atoms with Crippen LogP contribution >= 0.6 is 0 Å². The number of aromatic nitrogens is 1. The maximum atomic E-state index is 5.18. The summed E-state index contributed by atoms with van der Waals surface area (Å²) in [7, 11) is 3.75. The molecule has 0 bridgehead atoms. The molecule has 1 heterocycles. The predicted molar refractivity (Wildman–Crippen MR) is 87.0 cm³/mol. The van der Waals surface area contributed by atoms with Gasteiger partial charge in [-0.1, -0.05) is 36.4 Å². The van der Waals surface area contributed by atoms with Gasteiger partial charge in [-0.2, -0.15) is 0 Å². The lowest BCUT2D eigenvalue weighted by molar-refractivity contribution is -0.644. The Bertz CT molecular complexity index is 794. The lowest BCUT2D eigenvalue weighted by atomic mass is 10.1. The fraction of sp³-hybridized carbons (Fsp3) is 0.105. The highest BCUT2D eigenvalue weighted by Gasteiger charge is 2.06. The second-order valence-electron chi connectivity index (χ2n) is 5.01. The summed E-state index contributed by atoms with van der Waals surface area (Å²) in [5.74, 6) is 0.879. The Kier molecular flexibility index (Phi) is 5.55. The Labute approximate surface area is 148 Å². The summed E-state index contributed by atoms with van der Waals surface area (Å²) in [6, 6.07) is 18.6. The second kappa shape index (κ2) is 7.40. The average Bonchev–Trinajstić information content (AvgIpc) is 2.55. The van der Waals surface area contributed by atoms with Crippen molar-refractivity contribution in [1.29, 1.82) is 0 Å². The first-order valence-electron chi connectivity index (χ1n) is 6.97. The Morgan fingerprint density at radius 3 is 2.36 bits per heavy atom. The van der Waals surface area contributed by atoms with Crippen LogP contribution in [0.3, 0.4) is 0 Å². The molecule has 0 spiro atoms. The highest BCUT2D eigenvalue weighted by atomic mass is 127. The summed E-state index contributed by atoms with van der Waals surface area (Å²) in [5.41, 5.74) is 3.61. The molecular weight excluding hydrogens is 385 g/mol. The van der Waals surface area contributed by atoms with E-state index >= 15 is 0 Å². The van der Waals surface area contributed by atoms with E-state index in [2.05, 4.69) is 72.4 Å². The normalized spacial score (nSPS) is 10.6. The van der Waals surface area contributed by atoms with E-state index in [1.54, 1.807) is 7.11 Å². The van der Waals surface area contributed by atoms with Crippen LogP contribution in [-0.2, 0) is 7.05 Å². The van der Waals surface area contributed by atoms with Crippen LogP contribution < -0.4 is 33.3 Å². The quantitative estimate of drug-likeness (QED) is 0.467. The summed E-state index contributed by atoms with van der Waals surface area (Å²) >= 11 is 0. The van der Waals surface area contributed by atoms with Crippen molar-refractivity contribution < 1.29 is 33.3 Å². The van der Waals surface area contributed by atoms with E-state index in [0.717, 1.165) is 11.3 Å². The van der Waals surface area contributed by atoms with Crippen LogP contribution in [0.15, 0.2) is 60.8 Å². The van der Waals surface area contributed by atoms with E-state index in [9.17, 15) is 0 Å². The van der Waals surface area contributed by atoms with Crippen molar-refractivity contribution in [2.24, 2.45) is 7.05 Å². The van der Waals surface area contributed by atoms with Gasteiger partial charge in [0.25, 0.3) is 0 Å². The molecule has 0 aliphatic heterocycles. The summed E-state index contributed by atoms with van der Waals surface area (Å²) in [6.45, 7) is 0. The number of aryl methyl sites for hydroxylation is 1. The molecule has 22 heavy (non-hydrogen) atoms. The number of nitrogens with zero attached hydrogens (tertiary/aromatic N) is 1. The third-order valence-electron chi connectivity index (χ3n) is 3.64. The Hall–Kier alpha value is -1.88. The largest absolute Gasteiger partial charge is 1.00 e. The van der Waals surface area contributed by atoms with Gasteiger partial charge in [0.15, 0.2) is 6.20 Å². The SMILES string of the molecule is COc1ccc(/C=C/c2cc[n+](C)c3ccccc23)cc1.[I-]. The molecule has 0 saturated carbocycles. The molecule has 0 amide bonds. The fourth-order valence-corrected chi connectivity index (χ4v) is 2.43. The zero-order valence-corrected chi connectivity index (χ0v) is 14.8. The van der Waals surface area contributed by atoms with E-state index in [1.807, 2.05) is 12.1 Å². The van der Waals surface area contributed by atoms with Gasteiger partial charge in [-0.3, -0.25) is 0 Å². The summed E-state index contributed by atoms with van der Waals surface area (Å²) < 4.78 is 7.31. The van der Waals surface area contributed by atoms with Gasteiger partial charge in [-0.25, -0.2) is 4.57 Å². The summed E-state index contributed by atoms with van der Waals surface area (Å²) in [4.78, 5) is 0. The average molecular weight is 403 g/mol. The minimum Gasteiger partial charge on any atom is -1.00 e. The number of pyridine rings is 1. The van der Waals surface area contributed by atoms with E-state index in [-0.39, 0.29) is 24.0 Å². The first kappa shape index (κ1) is 16.5. The van der Waals surface area contributed by atoms with Crippen LogP contribution in [0, 0.1) is 0 Å². The monoisotopic (exact) mass is 403 g/mol. The number of para-hydroxylation sites is 1. The zero-order chi connectivity index (χ0) is 14.7. The van der Waals surface area contributed by atoms with Crippen LogP contribution in [0.25, 0.3) is 23.1 Å². The molecule has 2 aromatic carbocycles. The highest BCUT2D eigenvalue weighted by Crippen LogP contribution is 2.18. The standard InChI is InChI=1S/C19H18NO.HI/c1-20-14-13-16(18-5-3-4-6-19(18)20)10-7-15-8-11-17(21-2)12-9-15;/h3-14H,1-2H3;1H/q+1;/p-1/b10-7+;. The first-order valence-corrected chi connectivity index (χ1v) is 6.97. The number of halogens is 1. The van der Waals surface area contributed by atoms with Crippen molar-refractivity contribution in [1.82, 2.24) is 0 Å². The molecular formula is C19H18INO. The molecule has 1 aromatic heterocycles. The predicted octanol–water partition coefficient (Wildman–Crippen LogP) is 0.847. The number of hydrogen-bond donors (Lipinski definition) is 0. The van der Waals surface area contributed by atoms with Gasteiger partial charge < -0.3 is 28.7 Å². The minimum absolute atomic E-state index is 0. The van der Waals surface area contributed by atoms with Crippen LogP contribution in [0.1, 0.15) is 11.1 Å². The molecule has 112 valence electrons. The maximum Gasteiger partial charge on any atom is 0.212 e. The van der Waals surface area contributed by atoms with Crippen molar-refractivity contribution in [2.75, 3.05) is 7.11 Å². The van der Waals surface area contributed by atoms with Gasteiger partial charge >= 0.3 is 0 Å². The molecule has 3 heteroatoms. The molecule has 0 unspecified atom stereocenters. The molecule has 3 aromatic rings. The number of ether oxygens (including phenoxy) is 1. The molecule has 0 aliphatic carbocycles. The van der Waals surface area contributed by atoms with Gasteiger partial charge in [0.2, 0.25) is 5.52 Å². The molecule has 0 atom stereocenters. The highest BCUT2D eigenvalue weighted by molar-refractivity contribution is 5.88. The topological polar surface area (TPSA) is 13.1 Å². The smallest absolute Gasteiger partial charge is 0.212 e. The summed E-state index contributed by atoms with van der Waals surface area (Å²) in [5, 5.41) is 1.26. The van der Waals surface area contributed by atoms with Crippen LogP contribution in [0.2, 0.25) is 0 Å². The number of hydrogen-bond acceptors (Lipinski definition) is 1. The van der Waals surface area contributed by atoms with Crippen molar-refractivity contribution in [3.05, 3.63) is 71.9 Å². The Morgan fingerprint density at radius 1 is 0.909 bits per heavy atom. The van der Waals surface area contributed by atoms with Gasteiger partial charge in [-0.15, -0.1) is 0 Å². The Morgan fingerprint density at radius 2 is 1.64 bits per heavy atom. The number of rotatable bonds is 3. The fourth-order valence-electron chi connectivity index (χ4n) is 2.43. The van der Waals surface area contributed by atoms with Gasteiger partial charge in [0.1, 0.15) is 12.8 Å². The van der Waals surface area contributed by atoms with Crippen LogP contribution in [0.5, 0.6) is 5.75 Å². The maximum absolute atomic E-state index is 5.18. The molecule has 0 radical (unpaired) electrons. The molecule has 0 fully saturated rings. The van der Waals surface area contributed by atoms with Gasteiger partial charge in [-0.05, 0) is 29.3 Å². The van der Waals surface area contributed by atoms with E-state index in [4.69, 9.17) is 4.74 Å². The van der Waals surface area contributed by atoms with Crippen molar-refractivity contribution in [3.8, 4) is 5.75 Å². The molecule has 2 nitrogen and oxygen atoms in total. The minimum atomic E-state index is 0. The van der Waals surface area contributed by atoms with Crippen molar-refractivity contribution in [3.63, 3.8) is 0 Å². The Balaban J connectivity index is 0.00000176. The third-order valence-corrected chi connectivity index (χ3v) is 3.64. The van der Waals surface area contributed by atoms with Crippen LogP contribution in [-0.4, -0.2) is 7.11 Å². The van der Waals surface area contributed by atoms with Gasteiger partial charge in [0.05, 0.1) is 12.5 Å². The third kappa shape index (κ3) is 3.47. The lowest BCUT2D eigenvalue weighted by Crippen LogP contribution is -3.00. The van der Waals surface area contributed by atoms with Crippen molar-refractivity contribution >= 4 is 23.1 Å². The number of fused-ring (bicyclic) bond motifs is 1. The van der Waals surface area contributed by atoms with Crippen molar-refractivity contribution in [2.45, 2.75) is 0 Å². The van der Waals surface area contributed by atoms with Gasteiger partial charge in [0, 0.05) is 12.1 Å². The second-order valence-corrected chi connectivity index (χ2v) is 5.01. The van der Waals surface area contributed by atoms with E-state index in [0.29, 0.717) is 0 Å². The van der Waals surface area contributed by atoms with E-state index < -0.39 is 0 Å². The summed E-state index contributed by atoms with van der Waals surface area (Å²) in [6.07, 6.45) is 6.38. The molecule has 0 N–H and O–H groups in total. The molecule has 0 aliphatic rings.